The number of alkyl halides is 3. The van der Waals surface area contributed by atoms with Gasteiger partial charge in [0.05, 0.1) is 18.7 Å². The van der Waals surface area contributed by atoms with Crippen molar-refractivity contribution in [2.24, 2.45) is 5.92 Å². The molecule has 0 radical (unpaired) electrons. The smallest absolute Gasteiger partial charge is 0.417 e. The number of nitrogens with zero attached hydrogens (tertiary/aromatic N) is 4. The van der Waals surface area contributed by atoms with E-state index in [0.29, 0.717) is 30.4 Å². The summed E-state index contributed by atoms with van der Waals surface area (Å²) >= 11 is 0. The van der Waals surface area contributed by atoms with E-state index in [9.17, 15) is 27.9 Å². The third kappa shape index (κ3) is 6.10. The Balaban J connectivity index is 1.74. The van der Waals surface area contributed by atoms with Crippen LogP contribution in [0, 0.1) is 5.92 Å². The van der Waals surface area contributed by atoms with Gasteiger partial charge >= 0.3 is 12.1 Å². The standard InChI is InChI=1S/C27H34F3N5O4/c1-34(2)23-19(10-7-11-31-23)22-20(32-14-17-12-18(27(28,29)30)15-33-24(17)39-3)13-21(26(37)38)35(22)25(36)16-8-5-4-6-9-16/h7,10-12,15-16,20-22,32H,4-6,8-9,13-14H2,1-3H3,(H,37,38). The van der Waals surface area contributed by atoms with E-state index in [1.165, 1.54) is 12.0 Å². The average molecular weight is 550 g/mol. The fourth-order valence-electron chi connectivity index (χ4n) is 5.72. The largest absolute Gasteiger partial charge is 0.481 e. The minimum Gasteiger partial charge on any atom is -0.481 e. The van der Waals surface area contributed by atoms with Gasteiger partial charge in [0, 0.05) is 56.1 Å². The van der Waals surface area contributed by atoms with Gasteiger partial charge in [0.25, 0.3) is 0 Å². The van der Waals surface area contributed by atoms with Crippen LogP contribution in [-0.2, 0) is 22.3 Å². The van der Waals surface area contributed by atoms with Crippen LogP contribution in [0.5, 0.6) is 5.88 Å². The van der Waals surface area contributed by atoms with Gasteiger partial charge in [-0.1, -0.05) is 25.3 Å². The molecule has 212 valence electrons. The van der Waals surface area contributed by atoms with Crippen molar-refractivity contribution in [3.63, 3.8) is 0 Å². The molecule has 3 heterocycles. The molecule has 9 nitrogen and oxygen atoms in total. The third-order valence-electron chi connectivity index (χ3n) is 7.55. The molecular weight excluding hydrogens is 515 g/mol. The normalized spacial score (nSPS) is 22.1. The first-order valence-corrected chi connectivity index (χ1v) is 13.0. The highest BCUT2D eigenvalue weighted by atomic mass is 19.4. The van der Waals surface area contributed by atoms with Crippen molar-refractivity contribution in [3.05, 3.63) is 47.3 Å². The molecule has 2 N–H and O–H groups in total. The van der Waals surface area contributed by atoms with Gasteiger partial charge in [0.1, 0.15) is 11.9 Å². The summed E-state index contributed by atoms with van der Waals surface area (Å²) in [7, 11) is 4.94. The quantitative estimate of drug-likeness (QED) is 0.508. The monoisotopic (exact) mass is 549 g/mol. The maximum atomic E-state index is 13.9. The van der Waals surface area contributed by atoms with Crippen LogP contribution < -0.4 is 15.0 Å². The van der Waals surface area contributed by atoms with Crippen LogP contribution >= 0.6 is 0 Å². The van der Waals surface area contributed by atoms with Gasteiger partial charge < -0.3 is 25.0 Å². The Morgan fingerprint density at radius 3 is 2.54 bits per heavy atom. The number of methoxy groups -OCH3 is 1. The molecule has 2 fully saturated rings. The van der Waals surface area contributed by atoms with Crippen LogP contribution in [-0.4, -0.2) is 65.1 Å². The number of carboxylic acids is 1. The summed E-state index contributed by atoms with van der Waals surface area (Å²) in [4.78, 5) is 37.9. The molecule has 1 amide bonds. The molecule has 3 atom stereocenters. The number of aliphatic carboxylic acids is 1. The zero-order valence-corrected chi connectivity index (χ0v) is 22.2. The molecule has 12 heteroatoms. The van der Waals surface area contributed by atoms with Crippen molar-refractivity contribution in [2.45, 2.75) is 69.4 Å². The average Bonchev–Trinajstić information content (AvgIpc) is 3.31. The summed E-state index contributed by atoms with van der Waals surface area (Å²) in [5.74, 6) is -0.982. The lowest BCUT2D eigenvalue weighted by atomic mass is 9.87. The minimum atomic E-state index is -4.59. The Morgan fingerprint density at radius 2 is 1.92 bits per heavy atom. The molecule has 1 aliphatic carbocycles. The number of carbonyl (C=O) groups is 2. The summed E-state index contributed by atoms with van der Waals surface area (Å²) in [5, 5.41) is 13.4. The number of nitrogens with one attached hydrogen (secondary N) is 1. The van der Waals surface area contributed by atoms with Gasteiger partial charge in [-0.2, -0.15) is 13.2 Å². The number of carbonyl (C=O) groups excluding carboxylic acids is 1. The molecule has 1 saturated carbocycles. The maximum Gasteiger partial charge on any atom is 0.417 e. The van der Waals surface area contributed by atoms with E-state index in [1.54, 1.807) is 17.2 Å². The van der Waals surface area contributed by atoms with Crippen molar-refractivity contribution in [1.82, 2.24) is 20.2 Å². The molecule has 0 bridgehead atoms. The fourth-order valence-corrected chi connectivity index (χ4v) is 5.72. The predicted molar refractivity (Wildman–Crippen MR) is 137 cm³/mol. The van der Waals surface area contributed by atoms with Crippen molar-refractivity contribution in [3.8, 4) is 5.88 Å². The molecule has 2 aromatic heterocycles. The molecule has 2 aromatic rings. The van der Waals surface area contributed by atoms with Gasteiger partial charge in [-0.15, -0.1) is 0 Å². The van der Waals surface area contributed by atoms with E-state index in [-0.39, 0.29) is 36.2 Å². The van der Waals surface area contributed by atoms with E-state index >= 15 is 0 Å². The van der Waals surface area contributed by atoms with Gasteiger partial charge in [-0.25, -0.2) is 14.8 Å². The molecular formula is C27H34F3N5O4. The molecule has 0 aromatic carbocycles. The molecule has 3 unspecified atom stereocenters. The van der Waals surface area contributed by atoms with Gasteiger partial charge in [0.2, 0.25) is 11.8 Å². The number of hydrogen-bond acceptors (Lipinski definition) is 7. The number of aromatic nitrogens is 2. The Hall–Kier alpha value is -3.41. The summed E-state index contributed by atoms with van der Waals surface area (Å²) in [6.07, 6.45) is 2.09. The summed E-state index contributed by atoms with van der Waals surface area (Å²) in [6, 6.07) is 2.14. The number of anilines is 1. The van der Waals surface area contributed by atoms with Crippen LogP contribution in [0.4, 0.5) is 19.0 Å². The van der Waals surface area contributed by atoms with Crippen molar-refractivity contribution in [2.75, 3.05) is 26.1 Å². The molecule has 0 spiro atoms. The van der Waals surface area contributed by atoms with Crippen molar-refractivity contribution in [1.29, 1.82) is 0 Å². The molecule has 39 heavy (non-hydrogen) atoms. The second-order valence-electron chi connectivity index (χ2n) is 10.3. The fraction of sp³-hybridized carbons (Fsp3) is 0.556. The predicted octanol–water partition coefficient (Wildman–Crippen LogP) is 4.04. The van der Waals surface area contributed by atoms with Crippen LogP contribution in [0.15, 0.2) is 30.6 Å². The first-order valence-electron chi connectivity index (χ1n) is 13.0. The lowest BCUT2D eigenvalue weighted by Gasteiger charge is -2.36. The first-order chi connectivity index (χ1) is 18.5. The number of halogens is 3. The molecule has 1 aliphatic heterocycles. The number of rotatable bonds is 8. The summed E-state index contributed by atoms with van der Waals surface area (Å²) in [5.41, 5.74) is -0.0705. The summed E-state index contributed by atoms with van der Waals surface area (Å²) < 4.78 is 45.3. The highest BCUT2D eigenvalue weighted by Gasteiger charge is 2.50. The second-order valence-corrected chi connectivity index (χ2v) is 10.3. The number of pyridine rings is 2. The minimum absolute atomic E-state index is 0.0327. The maximum absolute atomic E-state index is 13.9. The van der Waals surface area contributed by atoms with Gasteiger partial charge in [-0.05, 0) is 31.4 Å². The molecule has 4 rings (SSSR count). The van der Waals surface area contributed by atoms with E-state index in [4.69, 9.17) is 4.74 Å². The van der Waals surface area contributed by atoms with Gasteiger partial charge in [0.15, 0.2) is 0 Å². The number of ether oxygens (including phenoxy) is 1. The zero-order valence-electron chi connectivity index (χ0n) is 22.2. The third-order valence-corrected chi connectivity index (χ3v) is 7.55. The highest BCUT2D eigenvalue weighted by Crippen LogP contribution is 2.42. The van der Waals surface area contributed by atoms with Crippen LogP contribution in [0.1, 0.15) is 61.3 Å². The Bertz CT molecular complexity index is 1190. The lowest BCUT2D eigenvalue weighted by Crippen LogP contribution is -2.46. The summed E-state index contributed by atoms with van der Waals surface area (Å²) in [6.45, 7) is -0.0728. The Morgan fingerprint density at radius 1 is 1.21 bits per heavy atom. The Labute approximate surface area is 225 Å². The van der Waals surface area contributed by atoms with Crippen LogP contribution in [0.25, 0.3) is 0 Å². The van der Waals surface area contributed by atoms with Gasteiger partial charge in [-0.3, -0.25) is 4.79 Å². The highest BCUT2D eigenvalue weighted by molar-refractivity contribution is 5.87. The first kappa shape index (κ1) is 28.6. The van der Waals surface area contributed by atoms with E-state index in [0.717, 1.165) is 25.3 Å². The topological polar surface area (TPSA) is 108 Å². The zero-order chi connectivity index (χ0) is 28.3. The lowest BCUT2D eigenvalue weighted by molar-refractivity contribution is -0.152. The SMILES string of the molecule is COc1ncc(C(F)(F)F)cc1CNC1CC(C(=O)O)N(C(=O)C2CCCCC2)C1c1cccnc1N(C)C. The van der Waals surface area contributed by atoms with E-state index in [1.807, 2.05) is 20.2 Å². The number of amides is 1. The van der Waals surface area contributed by atoms with E-state index < -0.39 is 35.8 Å². The van der Waals surface area contributed by atoms with Crippen molar-refractivity contribution >= 4 is 17.7 Å². The van der Waals surface area contributed by atoms with E-state index in [2.05, 4.69) is 15.3 Å². The van der Waals surface area contributed by atoms with Crippen LogP contribution in [0.3, 0.4) is 0 Å². The number of carboxylic acid groups (broad SMARTS) is 1. The number of likely N-dealkylation sites (tertiary alicyclic amines) is 1. The second kappa shape index (κ2) is 11.8. The molecule has 1 saturated heterocycles. The molecule has 2 aliphatic rings. The van der Waals surface area contributed by atoms with Crippen molar-refractivity contribution < 1.29 is 32.6 Å². The van der Waals surface area contributed by atoms with Crippen LogP contribution in [0.2, 0.25) is 0 Å². The number of hydrogen-bond donors (Lipinski definition) is 2. The Kier molecular flexibility index (Phi) is 8.63.